The summed E-state index contributed by atoms with van der Waals surface area (Å²) in [6.07, 6.45) is 3.79. The zero-order chi connectivity index (χ0) is 24.8. The lowest BCUT2D eigenvalue weighted by Crippen LogP contribution is -2.05. The quantitative estimate of drug-likeness (QED) is 0.243. The van der Waals surface area contributed by atoms with Gasteiger partial charge in [-0.25, -0.2) is 15.0 Å². The molecule has 0 saturated heterocycles. The number of aromatic amines is 2. The lowest BCUT2D eigenvalue weighted by Gasteiger charge is -2.17. The number of nitrogens with one attached hydrogen (secondary N) is 2. The Bertz CT molecular complexity index is 2050. The molecule has 0 amide bonds. The number of aromatic nitrogens is 6. The van der Waals surface area contributed by atoms with Gasteiger partial charge in [0.2, 0.25) is 0 Å². The first-order chi connectivity index (χ1) is 18.0. The normalized spacial score (nSPS) is 13.1. The van der Waals surface area contributed by atoms with Crippen LogP contribution < -0.4 is 4.74 Å². The Balaban J connectivity index is 1.32. The van der Waals surface area contributed by atoms with E-state index in [4.69, 9.17) is 14.7 Å². The third-order valence-corrected chi connectivity index (χ3v) is 8.44. The Morgan fingerprint density at radius 2 is 1.81 bits per heavy atom. The fourth-order valence-electron chi connectivity index (χ4n) is 5.44. The summed E-state index contributed by atoms with van der Waals surface area (Å²) in [6, 6.07) is 13.2. The highest BCUT2D eigenvalue weighted by atomic mass is 32.1. The van der Waals surface area contributed by atoms with Gasteiger partial charge in [0.05, 0.1) is 27.8 Å². The van der Waals surface area contributed by atoms with Gasteiger partial charge in [-0.2, -0.15) is 5.10 Å². The highest BCUT2D eigenvalue weighted by Gasteiger charge is 2.25. The number of fused-ring (bicyclic) bond motifs is 11. The number of aryl methyl sites for hydroxylation is 1. The summed E-state index contributed by atoms with van der Waals surface area (Å²) in [7, 11) is 0. The van der Waals surface area contributed by atoms with Crippen LogP contribution in [0.15, 0.2) is 48.8 Å². The second kappa shape index (κ2) is 7.36. The molecule has 0 atom stereocenters. The van der Waals surface area contributed by atoms with Gasteiger partial charge in [0, 0.05) is 38.7 Å². The Morgan fingerprint density at radius 3 is 2.68 bits per heavy atom. The average Bonchev–Trinajstić information content (AvgIpc) is 3.64. The summed E-state index contributed by atoms with van der Waals surface area (Å²) < 4.78 is 7.45. The van der Waals surface area contributed by atoms with E-state index in [9.17, 15) is 0 Å². The van der Waals surface area contributed by atoms with Crippen LogP contribution in [0.4, 0.5) is 0 Å². The molecule has 0 saturated carbocycles. The molecule has 5 heterocycles. The minimum absolute atomic E-state index is 0.341. The predicted octanol–water partition coefficient (Wildman–Crippen LogP) is 7.26. The summed E-state index contributed by atoms with van der Waals surface area (Å²) in [6.45, 7) is 6.75. The highest BCUT2D eigenvalue weighted by Crippen LogP contribution is 2.47. The zero-order valence-corrected chi connectivity index (χ0v) is 21.3. The number of thiophene rings is 1. The average molecular weight is 503 g/mol. The van der Waals surface area contributed by atoms with Gasteiger partial charge < -0.3 is 9.72 Å². The number of imidazole rings is 2. The largest absolute Gasteiger partial charge is 0.485 e. The van der Waals surface area contributed by atoms with Crippen molar-refractivity contribution in [2.75, 3.05) is 0 Å². The molecule has 0 bridgehead atoms. The number of rotatable bonds is 2. The number of H-pyrrole nitrogens is 2. The molecule has 0 aliphatic carbocycles. The van der Waals surface area contributed by atoms with Crippen LogP contribution in [-0.4, -0.2) is 30.1 Å². The molecule has 0 fully saturated rings. The summed E-state index contributed by atoms with van der Waals surface area (Å²) in [5.74, 6) is 3.05. The van der Waals surface area contributed by atoms with E-state index in [1.165, 1.54) is 10.3 Å². The summed E-state index contributed by atoms with van der Waals surface area (Å²) in [4.78, 5) is 19.0. The third-order valence-electron chi connectivity index (χ3n) is 7.24. The minimum atomic E-state index is 0.341. The van der Waals surface area contributed by atoms with Crippen molar-refractivity contribution >= 4 is 54.0 Å². The first-order valence-electron chi connectivity index (χ1n) is 12.4. The standard InChI is InChI=1S/C29H22N6OS/c1-13(2)29-34-22-12-36-27-18(24(22)35-29)7-5-16-9-23(37-28(16)27)15-4-6-17-19(8-15)20-10-30-31-11-21(20)26-25(17)32-14(3)33-26/h4-11,13,30H,12H2,1-3H3,(H,34,35). The molecule has 8 heteroatoms. The van der Waals surface area contributed by atoms with Crippen LogP contribution >= 0.6 is 11.3 Å². The molecule has 7 nitrogen and oxygen atoms in total. The zero-order valence-electron chi connectivity index (χ0n) is 20.5. The van der Waals surface area contributed by atoms with Gasteiger partial charge in [-0.1, -0.05) is 32.0 Å². The second-order valence-corrected chi connectivity index (χ2v) is 11.0. The first-order valence-corrected chi connectivity index (χ1v) is 13.2. The molecule has 1 aliphatic heterocycles. The van der Waals surface area contributed by atoms with E-state index in [1.807, 2.05) is 19.3 Å². The molecule has 8 rings (SSSR count). The van der Waals surface area contributed by atoms with Gasteiger partial charge >= 0.3 is 0 Å². The SMILES string of the molecule is Cc1nc2c3ccc(-c4cc5ccc6c(c5s4)OCc4[nH]c(C(C)C)nc4-6)cc3c3c[nH]ncc3c2n1. The number of benzene rings is 3. The van der Waals surface area contributed by atoms with Crippen LogP contribution in [0.25, 0.3) is 64.4 Å². The van der Waals surface area contributed by atoms with Crippen molar-refractivity contribution < 1.29 is 4.74 Å². The fraction of sp³-hybridized carbons (Fsp3) is 0.172. The molecule has 4 aromatic heterocycles. The lowest BCUT2D eigenvalue weighted by atomic mass is 9.99. The minimum Gasteiger partial charge on any atom is -0.485 e. The monoisotopic (exact) mass is 502 g/mol. The van der Waals surface area contributed by atoms with E-state index in [0.29, 0.717) is 12.5 Å². The molecule has 37 heavy (non-hydrogen) atoms. The van der Waals surface area contributed by atoms with E-state index in [0.717, 1.165) is 77.2 Å². The number of hydrogen-bond donors (Lipinski definition) is 2. The van der Waals surface area contributed by atoms with E-state index >= 15 is 0 Å². The van der Waals surface area contributed by atoms with Crippen molar-refractivity contribution in [1.29, 1.82) is 0 Å². The number of nitrogens with zero attached hydrogens (tertiary/aromatic N) is 4. The third kappa shape index (κ3) is 2.93. The summed E-state index contributed by atoms with van der Waals surface area (Å²) in [5, 5.41) is 12.8. The van der Waals surface area contributed by atoms with Crippen molar-refractivity contribution in [3.63, 3.8) is 0 Å². The smallest absolute Gasteiger partial charge is 0.147 e. The van der Waals surface area contributed by atoms with Crippen molar-refractivity contribution in [3.8, 4) is 27.4 Å². The van der Waals surface area contributed by atoms with E-state index < -0.39 is 0 Å². The van der Waals surface area contributed by atoms with Crippen LogP contribution in [-0.2, 0) is 6.61 Å². The molecule has 0 radical (unpaired) electrons. The van der Waals surface area contributed by atoms with Gasteiger partial charge in [0.15, 0.2) is 0 Å². The van der Waals surface area contributed by atoms with E-state index in [-0.39, 0.29) is 0 Å². The van der Waals surface area contributed by atoms with Gasteiger partial charge in [0.25, 0.3) is 0 Å². The molecule has 1 aliphatic rings. The maximum atomic E-state index is 6.30. The topological polar surface area (TPSA) is 92.4 Å². The van der Waals surface area contributed by atoms with Crippen molar-refractivity contribution in [2.45, 2.75) is 33.3 Å². The molecule has 7 aromatic rings. The lowest BCUT2D eigenvalue weighted by molar-refractivity contribution is 0.302. The first kappa shape index (κ1) is 20.8. The molecule has 3 aromatic carbocycles. The molecule has 180 valence electrons. The Labute approximate surface area is 215 Å². The van der Waals surface area contributed by atoms with Crippen LogP contribution in [0.2, 0.25) is 0 Å². The fourth-order valence-corrected chi connectivity index (χ4v) is 6.60. The molecular formula is C29H22N6OS. The Morgan fingerprint density at radius 1 is 0.946 bits per heavy atom. The van der Waals surface area contributed by atoms with Crippen molar-refractivity contribution in [2.24, 2.45) is 0 Å². The van der Waals surface area contributed by atoms with E-state index in [1.54, 1.807) is 11.3 Å². The van der Waals surface area contributed by atoms with Gasteiger partial charge in [-0.15, -0.1) is 11.3 Å². The Kier molecular flexibility index (Phi) is 4.15. The van der Waals surface area contributed by atoms with Crippen LogP contribution in [0.1, 0.15) is 37.1 Å². The van der Waals surface area contributed by atoms with Gasteiger partial charge in [-0.3, -0.25) is 5.10 Å². The molecular weight excluding hydrogens is 480 g/mol. The van der Waals surface area contributed by atoms with E-state index in [2.05, 4.69) is 70.4 Å². The molecule has 0 unspecified atom stereocenters. The van der Waals surface area contributed by atoms with Gasteiger partial charge in [-0.05, 0) is 41.5 Å². The predicted molar refractivity (Wildman–Crippen MR) is 148 cm³/mol. The van der Waals surface area contributed by atoms with Crippen LogP contribution in [0, 0.1) is 6.92 Å². The number of ether oxygens (including phenoxy) is 1. The summed E-state index contributed by atoms with van der Waals surface area (Å²) in [5.41, 5.74) is 6.11. The second-order valence-electron chi connectivity index (χ2n) is 9.95. The molecule has 0 spiro atoms. The van der Waals surface area contributed by atoms with Gasteiger partial charge in [0.1, 0.15) is 29.5 Å². The maximum Gasteiger partial charge on any atom is 0.147 e. The van der Waals surface area contributed by atoms with Crippen molar-refractivity contribution in [3.05, 3.63) is 66.1 Å². The maximum absolute atomic E-state index is 6.30. The Hall–Kier alpha value is -4.30. The molecule has 2 N–H and O–H groups in total. The van der Waals surface area contributed by atoms with Crippen LogP contribution in [0.5, 0.6) is 5.75 Å². The number of hydrogen-bond acceptors (Lipinski definition) is 6. The van der Waals surface area contributed by atoms with Crippen molar-refractivity contribution in [1.82, 2.24) is 30.1 Å². The summed E-state index contributed by atoms with van der Waals surface area (Å²) >= 11 is 1.76. The highest BCUT2D eigenvalue weighted by molar-refractivity contribution is 7.22. The van der Waals surface area contributed by atoms with Crippen LogP contribution in [0.3, 0.4) is 0 Å².